The van der Waals surface area contributed by atoms with Gasteiger partial charge < -0.3 is 20.6 Å². The van der Waals surface area contributed by atoms with Crippen molar-refractivity contribution < 1.29 is 29.1 Å². The van der Waals surface area contributed by atoms with Gasteiger partial charge in [0.25, 0.3) is 5.91 Å². The van der Waals surface area contributed by atoms with Crippen molar-refractivity contribution in [2.24, 2.45) is 11.8 Å². The number of carboxylic acid groups (broad SMARTS) is 1. The van der Waals surface area contributed by atoms with Crippen molar-refractivity contribution in [2.45, 2.75) is 58.4 Å². The molecule has 2 saturated heterocycles. The maximum absolute atomic E-state index is 13.1. The third-order valence-corrected chi connectivity index (χ3v) is 6.00. The fourth-order valence-electron chi connectivity index (χ4n) is 4.03. The van der Waals surface area contributed by atoms with Crippen LogP contribution in [-0.4, -0.2) is 83.4 Å². The number of carboxylic acids is 1. The first kappa shape index (κ1) is 25.7. The summed E-state index contributed by atoms with van der Waals surface area (Å²) < 4.78 is 0. The van der Waals surface area contributed by atoms with Crippen LogP contribution in [0.2, 0.25) is 0 Å². The van der Waals surface area contributed by atoms with E-state index in [0.29, 0.717) is 36.7 Å². The highest BCUT2D eigenvalue weighted by Gasteiger charge is 2.35. The Kier molecular flexibility index (Phi) is 10.0. The molecule has 0 aromatic carbocycles. The molecule has 0 bridgehead atoms. The Morgan fingerprint density at radius 2 is 1.84 bits per heavy atom. The molecule has 0 aromatic rings. The number of imide groups is 1. The lowest BCUT2D eigenvalue weighted by atomic mass is 9.92. The first-order chi connectivity index (χ1) is 15.2. The van der Waals surface area contributed by atoms with E-state index in [2.05, 4.69) is 16.1 Å². The Labute approximate surface area is 188 Å². The number of carbonyl (C=O) groups excluding carboxylic acids is 4. The molecule has 2 heterocycles. The second-order valence-electron chi connectivity index (χ2n) is 8.58. The summed E-state index contributed by atoms with van der Waals surface area (Å²) in [6.45, 7) is 4.82. The van der Waals surface area contributed by atoms with E-state index in [4.69, 9.17) is 5.11 Å². The Balaban J connectivity index is 1.98. The minimum atomic E-state index is -1.23. The predicted molar refractivity (Wildman–Crippen MR) is 115 cm³/mol. The number of hydrogen-bond donors (Lipinski definition) is 4. The van der Waals surface area contributed by atoms with E-state index in [-0.39, 0.29) is 12.5 Å². The number of rotatable bonds is 9. The molecule has 4 amide bonds. The summed E-state index contributed by atoms with van der Waals surface area (Å²) in [6, 6.07) is -1.19. The van der Waals surface area contributed by atoms with Crippen molar-refractivity contribution >= 4 is 29.6 Å². The zero-order valence-corrected chi connectivity index (χ0v) is 18.9. The maximum Gasteiger partial charge on any atom is 0.322 e. The van der Waals surface area contributed by atoms with Gasteiger partial charge in [-0.25, -0.2) is 10.4 Å². The average Bonchev–Trinajstić information content (AvgIpc) is 2.79. The van der Waals surface area contributed by atoms with Crippen LogP contribution in [0.3, 0.4) is 0 Å². The van der Waals surface area contributed by atoms with Crippen LogP contribution in [0.4, 0.5) is 0 Å². The lowest BCUT2D eigenvalue weighted by Crippen LogP contribution is -2.58. The second kappa shape index (κ2) is 12.5. The first-order valence-electron chi connectivity index (χ1n) is 11.3. The number of nitrogens with zero attached hydrogens (tertiary/aromatic N) is 2. The van der Waals surface area contributed by atoms with Crippen molar-refractivity contribution in [2.75, 3.05) is 32.7 Å². The molecule has 0 aliphatic carbocycles. The molecular formula is C21H35N5O6. The van der Waals surface area contributed by atoms with E-state index in [1.807, 2.05) is 0 Å². The Hall–Kier alpha value is -2.53. The molecule has 32 heavy (non-hydrogen) atoms. The lowest BCUT2D eigenvalue weighted by molar-refractivity contribution is -0.156. The standard InChI is InChI=1S/C21H35N5O6/c1-14(21(31)32)24-26(19(29)12-23-15(2)27)20(30)17-4-3-11-25(13-17)18(28)6-5-16-7-9-22-10-8-16/h14,16-17,22,24H,3-13H2,1-2H3,(H,23,27)(H,31,32)/t14-,17-/m1/s1. The third kappa shape index (κ3) is 7.86. The first-order valence-corrected chi connectivity index (χ1v) is 11.3. The number of amides is 4. The minimum absolute atomic E-state index is 0.00372. The maximum atomic E-state index is 13.1. The minimum Gasteiger partial charge on any atom is -0.480 e. The molecule has 0 spiro atoms. The summed E-state index contributed by atoms with van der Waals surface area (Å²) in [5.74, 6) is -3.11. The number of piperidine rings is 2. The molecule has 4 N–H and O–H groups in total. The van der Waals surface area contributed by atoms with Gasteiger partial charge in [0.2, 0.25) is 17.7 Å². The zero-order chi connectivity index (χ0) is 23.7. The highest BCUT2D eigenvalue weighted by atomic mass is 16.4. The smallest absolute Gasteiger partial charge is 0.322 e. The van der Waals surface area contributed by atoms with Crippen LogP contribution in [0.1, 0.15) is 52.4 Å². The molecule has 0 aromatic heterocycles. The number of aliphatic carboxylic acids is 1. The summed E-state index contributed by atoms with van der Waals surface area (Å²) in [6.07, 6.45) is 4.50. The Morgan fingerprint density at radius 3 is 2.47 bits per heavy atom. The van der Waals surface area contributed by atoms with E-state index in [1.165, 1.54) is 13.8 Å². The van der Waals surface area contributed by atoms with Gasteiger partial charge in [-0.1, -0.05) is 0 Å². The molecule has 0 unspecified atom stereocenters. The number of likely N-dealkylation sites (tertiary alicyclic amines) is 1. The molecule has 11 heteroatoms. The highest BCUT2D eigenvalue weighted by Crippen LogP contribution is 2.22. The van der Waals surface area contributed by atoms with E-state index in [1.54, 1.807) is 4.90 Å². The van der Waals surface area contributed by atoms with Gasteiger partial charge in [0.15, 0.2) is 0 Å². The topological polar surface area (TPSA) is 148 Å². The molecule has 2 aliphatic rings. The Bertz CT molecular complexity index is 709. The van der Waals surface area contributed by atoms with Crippen LogP contribution in [0.15, 0.2) is 0 Å². The monoisotopic (exact) mass is 453 g/mol. The van der Waals surface area contributed by atoms with Crippen LogP contribution in [0.25, 0.3) is 0 Å². The zero-order valence-electron chi connectivity index (χ0n) is 18.9. The second-order valence-corrected chi connectivity index (χ2v) is 8.58. The van der Waals surface area contributed by atoms with Crippen molar-refractivity contribution in [1.29, 1.82) is 0 Å². The van der Waals surface area contributed by atoms with E-state index < -0.39 is 42.2 Å². The molecule has 0 radical (unpaired) electrons. The van der Waals surface area contributed by atoms with Crippen LogP contribution in [0.5, 0.6) is 0 Å². The summed E-state index contributed by atoms with van der Waals surface area (Å²) in [4.78, 5) is 62.4. The van der Waals surface area contributed by atoms with Crippen molar-refractivity contribution in [1.82, 2.24) is 26.0 Å². The highest BCUT2D eigenvalue weighted by molar-refractivity contribution is 5.98. The largest absolute Gasteiger partial charge is 0.480 e. The van der Waals surface area contributed by atoms with Crippen LogP contribution in [0, 0.1) is 11.8 Å². The number of hydrazine groups is 1. The van der Waals surface area contributed by atoms with Crippen LogP contribution < -0.4 is 16.1 Å². The molecule has 2 fully saturated rings. The Morgan fingerprint density at radius 1 is 1.16 bits per heavy atom. The molecule has 2 atom stereocenters. The molecule has 2 rings (SSSR count). The van der Waals surface area contributed by atoms with Gasteiger partial charge in [0.1, 0.15) is 6.04 Å². The summed E-state index contributed by atoms with van der Waals surface area (Å²) in [7, 11) is 0. The summed E-state index contributed by atoms with van der Waals surface area (Å²) in [5.41, 5.74) is 2.42. The average molecular weight is 454 g/mol. The van der Waals surface area contributed by atoms with Gasteiger partial charge in [0.05, 0.1) is 12.5 Å². The number of hydrogen-bond acceptors (Lipinski definition) is 7. The van der Waals surface area contributed by atoms with Gasteiger partial charge in [0, 0.05) is 26.4 Å². The van der Waals surface area contributed by atoms with Gasteiger partial charge in [-0.05, 0) is 58.0 Å². The molecule has 0 saturated carbocycles. The van der Waals surface area contributed by atoms with Gasteiger partial charge in [-0.3, -0.25) is 24.0 Å². The van der Waals surface area contributed by atoms with Crippen LogP contribution >= 0.6 is 0 Å². The van der Waals surface area contributed by atoms with Crippen molar-refractivity contribution in [3.63, 3.8) is 0 Å². The molecule has 180 valence electrons. The predicted octanol–water partition coefficient (Wildman–Crippen LogP) is -0.526. The van der Waals surface area contributed by atoms with Gasteiger partial charge in [-0.15, -0.1) is 0 Å². The van der Waals surface area contributed by atoms with Gasteiger partial charge in [-0.2, -0.15) is 0 Å². The summed E-state index contributed by atoms with van der Waals surface area (Å²) in [5, 5.41) is 15.5. The third-order valence-electron chi connectivity index (χ3n) is 6.00. The number of nitrogens with one attached hydrogen (secondary N) is 3. The van der Waals surface area contributed by atoms with E-state index in [0.717, 1.165) is 32.4 Å². The molecular weight excluding hydrogens is 418 g/mol. The quantitative estimate of drug-likeness (QED) is 0.341. The lowest BCUT2D eigenvalue weighted by Gasteiger charge is -2.35. The molecule has 11 nitrogen and oxygen atoms in total. The van der Waals surface area contributed by atoms with Gasteiger partial charge >= 0.3 is 5.97 Å². The fourth-order valence-corrected chi connectivity index (χ4v) is 4.03. The summed E-state index contributed by atoms with van der Waals surface area (Å²) >= 11 is 0. The fraction of sp³-hybridized carbons (Fsp3) is 0.762. The number of carbonyl (C=O) groups is 5. The molecule has 2 aliphatic heterocycles. The van der Waals surface area contributed by atoms with E-state index in [9.17, 15) is 24.0 Å². The van der Waals surface area contributed by atoms with Crippen molar-refractivity contribution in [3.8, 4) is 0 Å². The SMILES string of the molecule is CC(=O)NCC(=O)N(N[C@H](C)C(=O)O)C(=O)[C@@H]1CCCN(C(=O)CCC2CCNCC2)C1. The van der Waals surface area contributed by atoms with Crippen LogP contribution in [-0.2, 0) is 24.0 Å². The normalized spacial score (nSPS) is 20.3. The van der Waals surface area contributed by atoms with Crippen molar-refractivity contribution in [3.05, 3.63) is 0 Å². The van der Waals surface area contributed by atoms with E-state index >= 15 is 0 Å².